The van der Waals surface area contributed by atoms with Crippen molar-refractivity contribution in [1.82, 2.24) is 0 Å². The molecule has 1 heterocycles. The van der Waals surface area contributed by atoms with Crippen LogP contribution in [0.15, 0.2) is 18.2 Å². The highest BCUT2D eigenvalue weighted by atomic mass is 32.2. The maximum absolute atomic E-state index is 13.6. The molecule has 5 heteroatoms. The number of halogens is 2. The molecule has 1 fully saturated rings. The Hall–Kier alpha value is -0.260. The van der Waals surface area contributed by atoms with Crippen molar-refractivity contribution in [2.45, 2.75) is 42.1 Å². The van der Waals surface area contributed by atoms with Gasteiger partial charge in [0.25, 0.3) is 0 Å². The van der Waals surface area contributed by atoms with Gasteiger partial charge in [-0.05, 0) is 18.1 Å². The minimum atomic E-state index is -0.794. The van der Waals surface area contributed by atoms with Gasteiger partial charge >= 0.3 is 0 Å². The second-order valence-corrected chi connectivity index (χ2v) is 8.03. The average molecular weight is 303 g/mol. The molecule has 0 bridgehead atoms. The summed E-state index contributed by atoms with van der Waals surface area (Å²) in [4.78, 5) is 0. The number of thioether (sulfide) groups is 2. The van der Waals surface area contributed by atoms with Gasteiger partial charge in [-0.15, -0.1) is 0 Å². The third kappa shape index (κ3) is 3.64. The van der Waals surface area contributed by atoms with E-state index in [0.717, 1.165) is 11.8 Å². The zero-order valence-electron chi connectivity index (χ0n) is 11.1. The van der Waals surface area contributed by atoms with E-state index in [4.69, 9.17) is 5.73 Å². The Morgan fingerprint density at radius 1 is 1.32 bits per heavy atom. The highest BCUT2D eigenvalue weighted by Gasteiger charge is 2.30. The Morgan fingerprint density at radius 2 is 2.05 bits per heavy atom. The molecule has 4 unspecified atom stereocenters. The molecule has 0 saturated carbocycles. The van der Waals surface area contributed by atoms with Crippen LogP contribution < -0.4 is 5.73 Å². The zero-order chi connectivity index (χ0) is 14.0. The number of benzene rings is 1. The molecule has 4 atom stereocenters. The number of nitrogens with two attached hydrogens (primary N) is 1. The smallest absolute Gasteiger partial charge is 0.162 e. The van der Waals surface area contributed by atoms with Crippen LogP contribution in [0.1, 0.15) is 19.4 Å². The summed E-state index contributed by atoms with van der Waals surface area (Å²) in [5.74, 6) is -0.570. The number of hydrogen-bond acceptors (Lipinski definition) is 3. The summed E-state index contributed by atoms with van der Waals surface area (Å²) in [5, 5.41) is 1.48. The molecule has 1 saturated heterocycles. The Balaban J connectivity index is 2.01. The molecule has 1 aliphatic heterocycles. The molecule has 0 radical (unpaired) electrons. The van der Waals surface area contributed by atoms with Crippen molar-refractivity contribution in [2.75, 3.05) is 5.75 Å². The summed E-state index contributed by atoms with van der Waals surface area (Å²) < 4.78 is 26.8. The van der Waals surface area contributed by atoms with Crippen LogP contribution in [0, 0.1) is 11.6 Å². The first-order valence-electron chi connectivity index (χ1n) is 6.44. The SMILES string of the molecule is CC1SCC(C(N)Cc2cccc(F)c2F)SC1C. The van der Waals surface area contributed by atoms with E-state index in [-0.39, 0.29) is 6.04 Å². The largest absolute Gasteiger partial charge is 0.326 e. The molecular weight excluding hydrogens is 284 g/mol. The average Bonchev–Trinajstić information content (AvgIpc) is 2.38. The maximum Gasteiger partial charge on any atom is 0.162 e. The third-order valence-corrected chi connectivity index (χ3v) is 7.11. The fraction of sp³-hybridized carbons (Fsp3) is 0.571. The van der Waals surface area contributed by atoms with Crippen LogP contribution in [0.25, 0.3) is 0 Å². The normalized spacial score (nSPS) is 29.2. The van der Waals surface area contributed by atoms with Crippen molar-refractivity contribution >= 4 is 23.5 Å². The molecule has 2 rings (SSSR count). The molecule has 0 aliphatic carbocycles. The van der Waals surface area contributed by atoms with E-state index in [0.29, 0.717) is 27.7 Å². The quantitative estimate of drug-likeness (QED) is 0.926. The van der Waals surface area contributed by atoms with Crippen molar-refractivity contribution in [3.63, 3.8) is 0 Å². The first-order valence-corrected chi connectivity index (χ1v) is 8.43. The third-order valence-electron chi connectivity index (χ3n) is 3.54. The Kier molecular flexibility index (Phi) is 5.15. The van der Waals surface area contributed by atoms with Crippen LogP contribution in [0.3, 0.4) is 0 Å². The number of hydrogen-bond donors (Lipinski definition) is 1. The molecule has 0 aromatic heterocycles. The summed E-state index contributed by atoms with van der Waals surface area (Å²) in [5.41, 5.74) is 6.56. The van der Waals surface area contributed by atoms with Crippen LogP contribution in [-0.2, 0) is 6.42 Å². The van der Waals surface area contributed by atoms with Crippen LogP contribution in [0.4, 0.5) is 8.78 Å². The van der Waals surface area contributed by atoms with Gasteiger partial charge in [-0.2, -0.15) is 23.5 Å². The van der Waals surface area contributed by atoms with Gasteiger partial charge in [0.2, 0.25) is 0 Å². The van der Waals surface area contributed by atoms with E-state index in [1.807, 2.05) is 23.5 Å². The van der Waals surface area contributed by atoms with Crippen molar-refractivity contribution in [3.05, 3.63) is 35.4 Å². The van der Waals surface area contributed by atoms with E-state index in [1.54, 1.807) is 6.07 Å². The highest BCUT2D eigenvalue weighted by molar-refractivity contribution is 8.07. The monoisotopic (exact) mass is 303 g/mol. The van der Waals surface area contributed by atoms with Crippen LogP contribution in [-0.4, -0.2) is 27.5 Å². The molecule has 1 aromatic rings. The van der Waals surface area contributed by atoms with Crippen LogP contribution >= 0.6 is 23.5 Å². The lowest BCUT2D eigenvalue weighted by Crippen LogP contribution is -2.41. The summed E-state index contributed by atoms with van der Waals surface area (Å²) in [6.07, 6.45) is 0.392. The lowest BCUT2D eigenvalue weighted by molar-refractivity contribution is 0.492. The fourth-order valence-corrected chi connectivity index (χ4v) is 5.18. The molecular formula is C14H19F2NS2. The minimum Gasteiger partial charge on any atom is -0.326 e. The molecule has 19 heavy (non-hydrogen) atoms. The van der Waals surface area contributed by atoms with E-state index >= 15 is 0 Å². The van der Waals surface area contributed by atoms with Crippen molar-refractivity contribution in [1.29, 1.82) is 0 Å². The second-order valence-electron chi connectivity index (χ2n) is 5.00. The standard InChI is InChI=1S/C14H19F2NS2/c1-8-9(2)19-13(7-18-8)12(17)6-10-4-3-5-11(15)14(10)16/h3-5,8-9,12-13H,6-7,17H2,1-2H3. The Labute approximate surface area is 121 Å². The van der Waals surface area contributed by atoms with Gasteiger partial charge in [-0.25, -0.2) is 8.78 Å². The van der Waals surface area contributed by atoms with Crippen molar-refractivity contribution in [2.24, 2.45) is 5.73 Å². The summed E-state index contributed by atoms with van der Waals surface area (Å²) in [7, 11) is 0. The molecule has 106 valence electrons. The van der Waals surface area contributed by atoms with Gasteiger partial charge in [-0.1, -0.05) is 26.0 Å². The van der Waals surface area contributed by atoms with Crippen molar-refractivity contribution in [3.8, 4) is 0 Å². The van der Waals surface area contributed by atoms with E-state index in [9.17, 15) is 8.78 Å². The van der Waals surface area contributed by atoms with Gasteiger partial charge in [-0.3, -0.25) is 0 Å². The van der Waals surface area contributed by atoms with Gasteiger partial charge in [0, 0.05) is 27.5 Å². The minimum absolute atomic E-state index is 0.135. The number of rotatable bonds is 3. The Morgan fingerprint density at radius 3 is 2.74 bits per heavy atom. The van der Waals surface area contributed by atoms with Crippen LogP contribution in [0.5, 0.6) is 0 Å². The fourth-order valence-electron chi connectivity index (χ4n) is 2.12. The molecule has 1 aromatic carbocycles. The first kappa shape index (κ1) is 15.1. The molecule has 0 spiro atoms. The lowest BCUT2D eigenvalue weighted by atomic mass is 10.0. The van der Waals surface area contributed by atoms with Gasteiger partial charge in [0.15, 0.2) is 11.6 Å². The molecule has 1 nitrogen and oxygen atoms in total. The summed E-state index contributed by atoms with van der Waals surface area (Å²) in [6, 6.07) is 4.15. The van der Waals surface area contributed by atoms with Gasteiger partial charge < -0.3 is 5.73 Å². The molecule has 0 amide bonds. The van der Waals surface area contributed by atoms with E-state index in [1.165, 1.54) is 6.07 Å². The first-order chi connectivity index (χ1) is 8.99. The van der Waals surface area contributed by atoms with E-state index in [2.05, 4.69) is 13.8 Å². The van der Waals surface area contributed by atoms with E-state index < -0.39 is 11.6 Å². The predicted octanol–water partition coefficient (Wildman–Crippen LogP) is 3.46. The van der Waals surface area contributed by atoms with Gasteiger partial charge in [0.05, 0.1) is 0 Å². The molecule has 2 N–H and O–H groups in total. The summed E-state index contributed by atoms with van der Waals surface area (Å²) in [6.45, 7) is 4.42. The Bertz CT molecular complexity index is 441. The lowest BCUT2D eigenvalue weighted by Gasteiger charge is -2.34. The molecule has 1 aliphatic rings. The zero-order valence-corrected chi connectivity index (χ0v) is 12.7. The highest BCUT2D eigenvalue weighted by Crippen LogP contribution is 2.37. The second kappa shape index (κ2) is 6.46. The predicted molar refractivity (Wildman–Crippen MR) is 80.8 cm³/mol. The van der Waals surface area contributed by atoms with Crippen molar-refractivity contribution < 1.29 is 8.78 Å². The summed E-state index contributed by atoms with van der Waals surface area (Å²) >= 11 is 3.78. The van der Waals surface area contributed by atoms with Crippen LogP contribution in [0.2, 0.25) is 0 Å². The van der Waals surface area contributed by atoms with Gasteiger partial charge in [0.1, 0.15) is 0 Å². The topological polar surface area (TPSA) is 26.0 Å². The maximum atomic E-state index is 13.6.